The second-order valence-corrected chi connectivity index (χ2v) is 3.19. The minimum atomic E-state index is -2.79. The highest BCUT2D eigenvalue weighted by atomic mass is 35.5. The fourth-order valence-electron chi connectivity index (χ4n) is 1.02. The first-order valence-corrected chi connectivity index (χ1v) is 4.36. The van der Waals surface area contributed by atoms with Crippen LogP contribution in [0, 0.1) is 0 Å². The van der Waals surface area contributed by atoms with E-state index in [0.717, 1.165) is 12.4 Å². The summed E-state index contributed by atoms with van der Waals surface area (Å²) in [5.74, 6) is -2.76. The third kappa shape index (κ3) is 3.39. The number of nitrogens with zero attached hydrogens (tertiary/aromatic N) is 2. The van der Waals surface area contributed by atoms with E-state index in [1.165, 1.54) is 0 Å². The standard InChI is InChI=1S/C8H7ClF2N2O2/c9-6-3-12-5(2-13-6)4(8(10)11)1-7(14)15/h2-4,8H,1H2,(H,14,15). The number of alkyl halides is 2. The zero-order valence-electron chi connectivity index (χ0n) is 7.40. The van der Waals surface area contributed by atoms with Gasteiger partial charge < -0.3 is 5.11 Å². The van der Waals surface area contributed by atoms with Gasteiger partial charge in [0.05, 0.1) is 30.4 Å². The van der Waals surface area contributed by atoms with Crippen LogP contribution < -0.4 is 0 Å². The number of hydrogen-bond donors (Lipinski definition) is 1. The van der Waals surface area contributed by atoms with Crippen molar-refractivity contribution in [3.8, 4) is 0 Å². The van der Waals surface area contributed by atoms with Crippen LogP contribution in [0.1, 0.15) is 18.0 Å². The van der Waals surface area contributed by atoms with Crippen LogP contribution in [0.2, 0.25) is 5.15 Å². The van der Waals surface area contributed by atoms with Gasteiger partial charge in [-0.25, -0.2) is 13.8 Å². The molecule has 1 unspecified atom stereocenters. The quantitative estimate of drug-likeness (QED) is 0.868. The molecule has 7 heteroatoms. The van der Waals surface area contributed by atoms with Gasteiger partial charge in [0.1, 0.15) is 5.15 Å². The molecule has 1 aromatic rings. The van der Waals surface area contributed by atoms with Gasteiger partial charge in [-0.1, -0.05) is 11.6 Å². The molecule has 1 rings (SSSR count). The maximum absolute atomic E-state index is 12.5. The molecule has 0 spiro atoms. The normalized spacial score (nSPS) is 12.8. The lowest BCUT2D eigenvalue weighted by Crippen LogP contribution is -2.15. The maximum Gasteiger partial charge on any atom is 0.304 e. The SMILES string of the molecule is O=C(O)CC(c1cnc(Cl)cn1)C(F)F. The van der Waals surface area contributed by atoms with E-state index in [0.29, 0.717) is 0 Å². The monoisotopic (exact) mass is 236 g/mol. The Morgan fingerprint density at radius 1 is 1.47 bits per heavy atom. The lowest BCUT2D eigenvalue weighted by atomic mass is 10.0. The summed E-state index contributed by atoms with van der Waals surface area (Å²) in [5, 5.41) is 8.51. The molecule has 1 atom stereocenters. The molecule has 1 N–H and O–H groups in total. The zero-order valence-corrected chi connectivity index (χ0v) is 8.16. The minimum absolute atomic E-state index is 0.0714. The number of carboxylic acid groups (broad SMARTS) is 1. The smallest absolute Gasteiger partial charge is 0.304 e. The van der Waals surface area contributed by atoms with Gasteiger partial charge in [0.15, 0.2) is 0 Å². The molecule has 0 saturated carbocycles. The number of aromatic nitrogens is 2. The van der Waals surface area contributed by atoms with E-state index in [-0.39, 0.29) is 10.8 Å². The highest BCUT2D eigenvalue weighted by Crippen LogP contribution is 2.25. The van der Waals surface area contributed by atoms with Crippen molar-refractivity contribution in [1.29, 1.82) is 0 Å². The first-order valence-electron chi connectivity index (χ1n) is 3.98. The summed E-state index contributed by atoms with van der Waals surface area (Å²) in [6, 6.07) is 0. The van der Waals surface area contributed by atoms with Crippen LogP contribution in [0.5, 0.6) is 0 Å². The second kappa shape index (κ2) is 4.97. The zero-order chi connectivity index (χ0) is 11.4. The molecule has 0 aliphatic carbocycles. The van der Waals surface area contributed by atoms with Crippen molar-refractivity contribution in [2.24, 2.45) is 0 Å². The van der Waals surface area contributed by atoms with Crippen molar-refractivity contribution >= 4 is 17.6 Å². The summed E-state index contributed by atoms with van der Waals surface area (Å²) < 4.78 is 25.0. The van der Waals surface area contributed by atoms with Gasteiger partial charge in [-0.05, 0) is 0 Å². The Bertz CT molecular complexity index is 345. The lowest BCUT2D eigenvalue weighted by Gasteiger charge is -2.12. The first kappa shape index (κ1) is 11.8. The third-order valence-corrected chi connectivity index (χ3v) is 1.91. The van der Waals surface area contributed by atoms with Crippen molar-refractivity contribution in [2.45, 2.75) is 18.8 Å². The van der Waals surface area contributed by atoms with E-state index < -0.39 is 24.7 Å². The van der Waals surface area contributed by atoms with Crippen molar-refractivity contribution in [2.75, 3.05) is 0 Å². The Hall–Kier alpha value is -1.30. The summed E-state index contributed by atoms with van der Waals surface area (Å²) in [5.41, 5.74) is -0.0724. The van der Waals surface area contributed by atoms with Crippen LogP contribution >= 0.6 is 11.6 Å². The molecule has 4 nitrogen and oxygen atoms in total. The van der Waals surface area contributed by atoms with Gasteiger partial charge in [0.25, 0.3) is 0 Å². The van der Waals surface area contributed by atoms with Crippen molar-refractivity contribution in [1.82, 2.24) is 9.97 Å². The molecular formula is C8H7ClF2N2O2. The van der Waals surface area contributed by atoms with Crippen molar-refractivity contribution in [3.05, 3.63) is 23.2 Å². The number of carbonyl (C=O) groups is 1. The van der Waals surface area contributed by atoms with Gasteiger partial charge in [0, 0.05) is 0 Å². The Morgan fingerprint density at radius 3 is 2.53 bits per heavy atom. The maximum atomic E-state index is 12.5. The summed E-state index contributed by atoms with van der Waals surface area (Å²) >= 11 is 5.42. The molecule has 0 amide bonds. The van der Waals surface area contributed by atoms with Gasteiger partial charge in [-0.3, -0.25) is 9.78 Å². The number of hydrogen-bond acceptors (Lipinski definition) is 3. The Morgan fingerprint density at radius 2 is 2.13 bits per heavy atom. The van der Waals surface area contributed by atoms with E-state index in [9.17, 15) is 13.6 Å². The molecule has 82 valence electrons. The topological polar surface area (TPSA) is 63.1 Å². The van der Waals surface area contributed by atoms with E-state index in [1.54, 1.807) is 0 Å². The van der Waals surface area contributed by atoms with Gasteiger partial charge >= 0.3 is 5.97 Å². The molecule has 0 saturated heterocycles. The van der Waals surface area contributed by atoms with E-state index in [1.807, 2.05) is 0 Å². The number of rotatable bonds is 4. The Kier molecular flexibility index (Phi) is 3.90. The van der Waals surface area contributed by atoms with Crippen LogP contribution in [0.4, 0.5) is 8.78 Å². The molecule has 0 fully saturated rings. The van der Waals surface area contributed by atoms with Crippen LogP contribution in [0.15, 0.2) is 12.4 Å². The van der Waals surface area contributed by atoms with Gasteiger partial charge in [-0.2, -0.15) is 0 Å². The van der Waals surface area contributed by atoms with Crippen LogP contribution in [-0.4, -0.2) is 27.5 Å². The first-order chi connectivity index (χ1) is 7.00. The fraction of sp³-hybridized carbons (Fsp3) is 0.375. The highest BCUT2D eigenvalue weighted by molar-refractivity contribution is 6.29. The van der Waals surface area contributed by atoms with Gasteiger partial charge in [0.2, 0.25) is 6.43 Å². The van der Waals surface area contributed by atoms with Crippen LogP contribution in [-0.2, 0) is 4.79 Å². The molecule has 1 heterocycles. The van der Waals surface area contributed by atoms with E-state index in [4.69, 9.17) is 16.7 Å². The largest absolute Gasteiger partial charge is 0.481 e. The second-order valence-electron chi connectivity index (χ2n) is 2.80. The predicted octanol–water partition coefficient (Wildman–Crippen LogP) is 1.95. The summed E-state index contributed by atoms with van der Waals surface area (Å²) in [6.45, 7) is 0. The molecule has 0 aromatic carbocycles. The van der Waals surface area contributed by atoms with Crippen molar-refractivity contribution < 1.29 is 18.7 Å². The molecule has 1 aromatic heterocycles. The summed E-state index contributed by atoms with van der Waals surface area (Å²) in [6.07, 6.45) is -1.32. The Balaban J connectivity index is 2.88. The average Bonchev–Trinajstić information content (AvgIpc) is 2.15. The molecule has 0 radical (unpaired) electrons. The van der Waals surface area contributed by atoms with Crippen LogP contribution in [0.3, 0.4) is 0 Å². The summed E-state index contributed by atoms with van der Waals surface area (Å²) in [4.78, 5) is 17.5. The number of halogens is 3. The number of carboxylic acids is 1. The molecule has 0 bridgehead atoms. The fourth-order valence-corrected chi connectivity index (χ4v) is 1.12. The molecule has 0 aliphatic rings. The van der Waals surface area contributed by atoms with Crippen LogP contribution in [0.25, 0.3) is 0 Å². The lowest BCUT2D eigenvalue weighted by molar-refractivity contribution is -0.138. The minimum Gasteiger partial charge on any atom is -0.481 e. The number of aliphatic carboxylic acids is 1. The molecule has 15 heavy (non-hydrogen) atoms. The average molecular weight is 237 g/mol. The predicted molar refractivity (Wildman–Crippen MR) is 48.0 cm³/mol. The van der Waals surface area contributed by atoms with Crippen molar-refractivity contribution in [3.63, 3.8) is 0 Å². The third-order valence-electron chi connectivity index (χ3n) is 1.72. The summed E-state index contributed by atoms with van der Waals surface area (Å²) in [7, 11) is 0. The van der Waals surface area contributed by atoms with E-state index >= 15 is 0 Å². The highest BCUT2D eigenvalue weighted by Gasteiger charge is 2.26. The van der Waals surface area contributed by atoms with Gasteiger partial charge in [-0.15, -0.1) is 0 Å². The van der Waals surface area contributed by atoms with E-state index in [2.05, 4.69) is 9.97 Å². The Labute approximate surface area is 88.9 Å². The molecule has 0 aliphatic heterocycles. The molecular weight excluding hydrogens is 230 g/mol.